The Balaban J connectivity index is 3.40. The topological polar surface area (TPSA) is 18.5 Å². The van der Waals surface area contributed by atoms with E-state index < -0.39 is 0 Å². The van der Waals surface area contributed by atoms with E-state index in [0.29, 0.717) is 0 Å². The molecule has 0 saturated heterocycles. The van der Waals surface area contributed by atoms with Crippen LogP contribution in [0.3, 0.4) is 0 Å². The molecule has 0 unspecified atom stereocenters. The highest BCUT2D eigenvalue weighted by Crippen LogP contribution is 1.93. The molecule has 0 aromatic carbocycles. The molecule has 0 atom stereocenters. The molecule has 0 heterocycles. The second-order valence-corrected chi connectivity index (χ2v) is 2.30. The first kappa shape index (κ1) is 8.48. The Hall–Kier alpha value is 0.480. The van der Waals surface area contributed by atoms with Gasteiger partial charge in [0, 0.05) is 25.1 Å². The summed E-state index contributed by atoms with van der Waals surface area (Å²) in [5.74, 6) is 0. The first-order valence-electron chi connectivity index (χ1n) is 1.43. The van der Waals surface area contributed by atoms with Crippen LogP contribution in [0.2, 0.25) is 0 Å². The molecule has 0 aliphatic carbocycles. The molecule has 0 rings (SSSR count). The van der Waals surface area contributed by atoms with Gasteiger partial charge in [-0.1, -0.05) is 12.6 Å². The molecular formula is C2H2O2S4. The summed E-state index contributed by atoms with van der Waals surface area (Å²) in [4.78, 5) is 0. The lowest BCUT2D eigenvalue weighted by molar-refractivity contribution is 0.451. The van der Waals surface area contributed by atoms with Gasteiger partial charge in [-0.3, -0.25) is 0 Å². The fourth-order valence-electron chi connectivity index (χ4n) is 0.0899. The normalized spacial score (nSPS) is 7.75. The number of thiol groups is 2. The van der Waals surface area contributed by atoms with E-state index >= 15 is 0 Å². The highest BCUT2D eigenvalue weighted by Gasteiger charge is 1.95. The van der Waals surface area contributed by atoms with Crippen LogP contribution in [0.15, 0.2) is 0 Å². The molecule has 6 heteroatoms. The second kappa shape index (κ2) is 4.37. The predicted molar refractivity (Wildman–Crippen MR) is 45.3 cm³/mol. The maximum atomic E-state index is 4.43. The molecular weight excluding hydrogens is 184 g/mol. The molecule has 0 aromatic heterocycles. The van der Waals surface area contributed by atoms with E-state index in [1.54, 1.807) is 0 Å². The minimum atomic E-state index is -0.145. The summed E-state index contributed by atoms with van der Waals surface area (Å²) in [6, 6.07) is 0. The van der Waals surface area contributed by atoms with E-state index in [2.05, 4.69) is 58.9 Å². The zero-order chi connectivity index (χ0) is 6.57. The van der Waals surface area contributed by atoms with Crippen molar-refractivity contribution in [1.29, 1.82) is 0 Å². The molecule has 0 spiro atoms. The summed E-state index contributed by atoms with van der Waals surface area (Å²) in [7, 11) is 0. The van der Waals surface area contributed by atoms with Gasteiger partial charge in [-0.2, -0.15) is 0 Å². The maximum absolute atomic E-state index is 4.43. The van der Waals surface area contributed by atoms with Gasteiger partial charge < -0.3 is 8.92 Å². The SMILES string of the molecule is S=C(S)OC(=S)OS. The van der Waals surface area contributed by atoms with Crippen molar-refractivity contribution >= 4 is 59.6 Å². The van der Waals surface area contributed by atoms with Crippen LogP contribution < -0.4 is 0 Å². The lowest BCUT2D eigenvalue weighted by atomic mass is 11.4. The van der Waals surface area contributed by atoms with E-state index in [1.165, 1.54) is 0 Å². The molecule has 0 aromatic rings. The van der Waals surface area contributed by atoms with Crippen molar-refractivity contribution in [3.8, 4) is 0 Å². The van der Waals surface area contributed by atoms with Crippen molar-refractivity contribution in [1.82, 2.24) is 0 Å². The summed E-state index contributed by atoms with van der Waals surface area (Å²) >= 11 is 15.7. The standard InChI is InChI=1S/C2H2O2S4/c5-1(4-8)3-2(6)7/h8H,(H,6,7). The molecule has 0 aliphatic rings. The van der Waals surface area contributed by atoms with E-state index in [0.717, 1.165) is 0 Å². The quantitative estimate of drug-likeness (QED) is 0.338. The third-order valence-corrected chi connectivity index (χ3v) is 0.876. The van der Waals surface area contributed by atoms with Gasteiger partial charge in [0.1, 0.15) is 0 Å². The van der Waals surface area contributed by atoms with Crippen molar-refractivity contribution in [3.05, 3.63) is 0 Å². The minimum Gasteiger partial charge on any atom is -0.399 e. The molecule has 8 heavy (non-hydrogen) atoms. The lowest BCUT2D eigenvalue weighted by Gasteiger charge is -1.97. The van der Waals surface area contributed by atoms with Gasteiger partial charge in [-0.15, -0.1) is 0 Å². The summed E-state index contributed by atoms with van der Waals surface area (Å²) in [6.45, 7) is 0. The molecule has 0 aliphatic heterocycles. The predicted octanol–water partition coefficient (Wildman–Crippen LogP) is 1.36. The smallest absolute Gasteiger partial charge is 0.371 e. The molecule has 0 amide bonds. The van der Waals surface area contributed by atoms with Crippen LogP contribution in [-0.4, -0.2) is 9.62 Å². The van der Waals surface area contributed by atoms with Gasteiger partial charge in [0.25, 0.3) is 0 Å². The van der Waals surface area contributed by atoms with E-state index in [9.17, 15) is 0 Å². The van der Waals surface area contributed by atoms with Crippen molar-refractivity contribution in [3.63, 3.8) is 0 Å². The van der Waals surface area contributed by atoms with Crippen LogP contribution in [0.4, 0.5) is 0 Å². The average Bonchev–Trinajstić information content (AvgIpc) is 1.65. The Morgan fingerprint density at radius 2 is 1.88 bits per heavy atom. The first-order chi connectivity index (χ1) is 3.66. The third kappa shape index (κ3) is 4.63. The third-order valence-electron chi connectivity index (χ3n) is 0.245. The highest BCUT2D eigenvalue weighted by atomic mass is 32.1. The Labute approximate surface area is 68.6 Å². The zero-order valence-corrected chi connectivity index (χ0v) is 6.95. The van der Waals surface area contributed by atoms with E-state index in [4.69, 9.17) is 0 Å². The summed E-state index contributed by atoms with van der Waals surface area (Å²) in [6.07, 6.45) is 0. The Morgan fingerprint density at radius 1 is 1.38 bits per heavy atom. The number of ether oxygens (including phenoxy) is 1. The van der Waals surface area contributed by atoms with Gasteiger partial charge in [-0.05, 0) is 12.2 Å². The Morgan fingerprint density at radius 3 is 2.00 bits per heavy atom. The van der Waals surface area contributed by atoms with Crippen LogP contribution in [0.1, 0.15) is 0 Å². The highest BCUT2D eigenvalue weighted by molar-refractivity contribution is 8.10. The van der Waals surface area contributed by atoms with Gasteiger partial charge >= 0.3 is 5.24 Å². The largest absolute Gasteiger partial charge is 0.399 e. The van der Waals surface area contributed by atoms with E-state index in [1.807, 2.05) is 0 Å². The summed E-state index contributed by atoms with van der Waals surface area (Å²) in [5, 5.41) is -0.145. The van der Waals surface area contributed by atoms with Crippen LogP contribution >= 0.6 is 50.0 Å². The van der Waals surface area contributed by atoms with Crippen molar-refractivity contribution < 1.29 is 8.92 Å². The molecule has 0 bridgehead atoms. The summed E-state index contributed by atoms with van der Waals surface area (Å²) in [5.41, 5.74) is 0. The first-order valence-corrected chi connectivity index (χ1v) is 3.06. The van der Waals surface area contributed by atoms with Crippen molar-refractivity contribution in [2.45, 2.75) is 0 Å². The van der Waals surface area contributed by atoms with Crippen LogP contribution in [0.25, 0.3) is 0 Å². The van der Waals surface area contributed by atoms with E-state index in [-0.39, 0.29) is 9.62 Å². The van der Waals surface area contributed by atoms with Gasteiger partial charge in [0.05, 0.1) is 0 Å². The second-order valence-electron chi connectivity index (χ2n) is 0.709. The summed E-state index contributed by atoms with van der Waals surface area (Å²) < 4.78 is 8.57. The van der Waals surface area contributed by atoms with Gasteiger partial charge in [0.2, 0.25) is 4.38 Å². The van der Waals surface area contributed by atoms with Crippen LogP contribution in [0, 0.1) is 0 Å². The maximum Gasteiger partial charge on any atom is 0.371 e. The molecule has 0 saturated carbocycles. The number of thiocarbonyl (C=S) groups is 2. The molecule has 2 nitrogen and oxygen atoms in total. The number of hydrogen-bond acceptors (Lipinski definition) is 5. The molecule has 46 valence electrons. The zero-order valence-electron chi connectivity index (χ0n) is 3.53. The lowest BCUT2D eigenvalue weighted by Crippen LogP contribution is -2.01. The fourth-order valence-corrected chi connectivity index (χ4v) is 0.484. The minimum absolute atomic E-state index is 0.0176. The van der Waals surface area contributed by atoms with Crippen molar-refractivity contribution in [2.24, 2.45) is 0 Å². The van der Waals surface area contributed by atoms with Gasteiger partial charge in [-0.25, -0.2) is 0 Å². The Bertz CT molecular complexity index is 111. The molecule has 0 fully saturated rings. The average molecular weight is 186 g/mol. The van der Waals surface area contributed by atoms with Crippen molar-refractivity contribution in [2.75, 3.05) is 0 Å². The van der Waals surface area contributed by atoms with Crippen LogP contribution in [0.5, 0.6) is 0 Å². The molecule has 0 N–H and O–H groups in total. The fraction of sp³-hybridized carbons (Fsp3) is 0. The number of rotatable bonds is 0. The van der Waals surface area contributed by atoms with Crippen LogP contribution in [-0.2, 0) is 8.92 Å². The monoisotopic (exact) mass is 186 g/mol. The Kier molecular flexibility index (Phi) is 4.63. The van der Waals surface area contributed by atoms with Gasteiger partial charge in [0.15, 0.2) is 0 Å². The number of hydrogen-bond donors (Lipinski definition) is 2. The molecule has 0 radical (unpaired) electrons.